The van der Waals surface area contributed by atoms with E-state index in [1.54, 1.807) is 6.26 Å². The Kier molecular flexibility index (Phi) is 5.48. The second-order valence-electron chi connectivity index (χ2n) is 6.03. The summed E-state index contributed by atoms with van der Waals surface area (Å²) in [7, 11) is 0. The lowest BCUT2D eigenvalue weighted by Crippen LogP contribution is -2.40. The Hall–Kier alpha value is -2.34. The van der Waals surface area contributed by atoms with Crippen molar-refractivity contribution in [3.8, 4) is 11.5 Å². The minimum atomic E-state index is -0.173. The van der Waals surface area contributed by atoms with Crippen LogP contribution in [-0.4, -0.2) is 36.8 Å². The van der Waals surface area contributed by atoms with Crippen molar-refractivity contribution in [2.75, 3.05) is 19.7 Å². The summed E-state index contributed by atoms with van der Waals surface area (Å²) in [5.41, 5.74) is 2.97. The Balaban J connectivity index is 1.40. The Morgan fingerprint density at radius 2 is 2.12 bits per heavy atom. The molecule has 0 radical (unpaired) electrons. The van der Waals surface area contributed by atoms with Gasteiger partial charge in [-0.2, -0.15) is 0 Å². The first-order valence-electron chi connectivity index (χ1n) is 8.35. The number of benzene rings is 1. The predicted molar refractivity (Wildman–Crippen MR) is 90.8 cm³/mol. The van der Waals surface area contributed by atoms with Crippen molar-refractivity contribution in [2.24, 2.45) is 0 Å². The van der Waals surface area contributed by atoms with Crippen LogP contribution in [0.2, 0.25) is 0 Å². The van der Waals surface area contributed by atoms with Crippen LogP contribution in [0.1, 0.15) is 24.1 Å². The van der Waals surface area contributed by atoms with E-state index in [9.17, 15) is 4.79 Å². The molecule has 1 aliphatic heterocycles. The molecule has 1 aromatic heterocycles. The fraction of sp³-hybridized carbons (Fsp3) is 0.444. The number of nitrogens with zero attached hydrogens (tertiary/aromatic N) is 1. The summed E-state index contributed by atoms with van der Waals surface area (Å²) >= 11 is 0. The smallest absolute Gasteiger partial charge is 0.314 e. The zero-order chi connectivity index (χ0) is 16.8. The second kappa shape index (κ2) is 7.97. The van der Waals surface area contributed by atoms with Crippen molar-refractivity contribution in [1.29, 1.82) is 0 Å². The van der Waals surface area contributed by atoms with E-state index in [4.69, 9.17) is 9.15 Å². The van der Waals surface area contributed by atoms with Crippen molar-refractivity contribution < 1.29 is 13.9 Å². The van der Waals surface area contributed by atoms with E-state index in [-0.39, 0.29) is 12.1 Å². The van der Waals surface area contributed by atoms with Crippen LogP contribution in [0.5, 0.6) is 0 Å². The molecule has 0 bridgehead atoms. The van der Waals surface area contributed by atoms with Gasteiger partial charge in [-0.05, 0) is 31.9 Å². The number of ether oxygens (including phenoxy) is 1. The Labute approximate surface area is 141 Å². The Morgan fingerprint density at radius 1 is 1.29 bits per heavy atom. The lowest BCUT2D eigenvalue weighted by Gasteiger charge is -2.11. The summed E-state index contributed by atoms with van der Waals surface area (Å²) in [4.78, 5) is 16.2. The molecule has 2 amide bonds. The van der Waals surface area contributed by atoms with Gasteiger partial charge in [0.15, 0.2) is 0 Å². The molecule has 6 nitrogen and oxygen atoms in total. The van der Waals surface area contributed by atoms with Gasteiger partial charge in [0.05, 0.1) is 11.8 Å². The van der Waals surface area contributed by atoms with E-state index < -0.39 is 0 Å². The zero-order valence-corrected chi connectivity index (χ0v) is 13.9. The van der Waals surface area contributed by atoms with Crippen LogP contribution in [0.25, 0.3) is 11.5 Å². The molecule has 6 heteroatoms. The number of oxazole rings is 1. The molecule has 3 rings (SSSR count). The van der Waals surface area contributed by atoms with Gasteiger partial charge in [0.1, 0.15) is 6.26 Å². The molecule has 0 spiro atoms. The first-order chi connectivity index (χ1) is 11.7. The number of nitrogens with one attached hydrogen (secondary N) is 2. The van der Waals surface area contributed by atoms with Gasteiger partial charge in [-0.15, -0.1) is 0 Å². The maximum atomic E-state index is 11.7. The molecule has 2 heterocycles. The predicted octanol–water partition coefficient (Wildman–Crippen LogP) is 2.67. The molecule has 2 aromatic rings. The highest BCUT2D eigenvalue weighted by atomic mass is 16.5. The number of hydrogen-bond acceptors (Lipinski definition) is 4. The molecule has 24 heavy (non-hydrogen) atoms. The van der Waals surface area contributed by atoms with Gasteiger partial charge in [-0.25, -0.2) is 9.78 Å². The summed E-state index contributed by atoms with van der Waals surface area (Å²) in [5, 5.41) is 5.65. The van der Waals surface area contributed by atoms with Gasteiger partial charge in [-0.1, -0.05) is 17.7 Å². The third-order valence-corrected chi connectivity index (χ3v) is 4.03. The molecular weight excluding hydrogens is 306 g/mol. The van der Waals surface area contributed by atoms with Crippen LogP contribution in [-0.2, 0) is 11.2 Å². The van der Waals surface area contributed by atoms with Gasteiger partial charge in [0.25, 0.3) is 0 Å². The van der Waals surface area contributed by atoms with Crippen molar-refractivity contribution in [3.63, 3.8) is 0 Å². The number of rotatable bonds is 6. The summed E-state index contributed by atoms with van der Waals surface area (Å²) in [6.45, 7) is 3.91. The fourth-order valence-electron chi connectivity index (χ4n) is 2.63. The molecule has 0 unspecified atom stereocenters. The molecule has 1 aromatic carbocycles. The number of carbonyl (C=O) groups is 1. The van der Waals surface area contributed by atoms with Crippen molar-refractivity contribution in [3.05, 3.63) is 41.8 Å². The van der Waals surface area contributed by atoms with Gasteiger partial charge in [0.2, 0.25) is 5.89 Å². The highest BCUT2D eigenvalue weighted by molar-refractivity contribution is 5.73. The Morgan fingerprint density at radius 3 is 2.88 bits per heavy atom. The monoisotopic (exact) mass is 329 g/mol. The van der Waals surface area contributed by atoms with Crippen LogP contribution in [0, 0.1) is 6.92 Å². The number of aryl methyl sites for hydroxylation is 1. The van der Waals surface area contributed by atoms with Crippen LogP contribution in [0.4, 0.5) is 4.79 Å². The van der Waals surface area contributed by atoms with Gasteiger partial charge in [-0.3, -0.25) is 0 Å². The highest BCUT2D eigenvalue weighted by Gasteiger charge is 2.16. The van der Waals surface area contributed by atoms with Crippen molar-refractivity contribution >= 4 is 6.03 Å². The first kappa shape index (κ1) is 16.5. The first-order valence-corrected chi connectivity index (χ1v) is 8.35. The molecule has 0 aliphatic carbocycles. The molecule has 128 valence electrons. The van der Waals surface area contributed by atoms with Crippen LogP contribution < -0.4 is 10.6 Å². The van der Waals surface area contributed by atoms with Gasteiger partial charge < -0.3 is 19.8 Å². The van der Waals surface area contributed by atoms with E-state index in [0.717, 1.165) is 30.7 Å². The molecule has 0 saturated carbocycles. The van der Waals surface area contributed by atoms with E-state index in [1.807, 2.05) is 31.2 Å². The second-order valence-corrected chi connectivity index (χ2v) is 6.03. The lowest BCUT2D eigenvalue weighted by atomic mass is 10.1. The molecule has 1 aliphatic rings. The summed E-state index contributed by atoms with van der Waals surface area (Å²) in [6.07, 6.45) is 4.51. The SMILES string of the molecule is Cc1ccc(-c2nc(CCNC(=O)NC[C@@H]3CCCO3)co2)cc1. The number of urea groups is 1. The average Bonchev–Trinajstić information content (AvgIpc) is 3.25. The summed E-state index contributed by atoms with van der Waals surface area (Å²) < 4.78 is 11.0. The molecule has 1 atom stereocenters. The lowest BCUT2D eigenvalue weighted by molar-refractivity contribution is 0.111. The normalized spacial score (nSPS) is 17.0. The van der Waals surface area contributed by atoms with Gasteiger partial charge in [0, 0.05) is 31.7 Å². The molecule has 1 fully saturated rings. The standard InChI is InChI=1S/C18H23N3O3/c1-13-4-6-14(7-5-13)17-21-15(12-24-17)8-9-19-18(22)20-11-16-3-2-10-23-16/h4-7,12,16H,2-3,8-11H2,1H3,(H2,19,20,22)/t16-/m0/s1. The van der Waals surface area contributed by atoms with E-state index in [2.05, 4.69) is 15.6 Å². The summed E-state index contributed by atoms with van der Waals surface area (Å²) in [5.74, 6) is 0.604. The Bertz CT molecular complexity index is 660. The maximum absolute atomic E-state index is 11.7. The van der Waals surface area contributed by atoms with E-state index >= 15 is 0 Å². The quantitative estimate of drug-likeness (QED) is 0.854. The van der Waals surface area contributed by atoms with Crippen LogP contribution in [0.15, 0.2) is 34.9 Å². The molecular formula is C18H23N3O3. The third kappa shape index (κ3) is 4.58. The van der Waals surface area contributed by atoms with Crippen molar-refractivity contribution in [1.82, 2.24) is 15.6 Å². The van der Waals surface area contributed by atoms with Crippen LogP contribution >= 0.6 is 0 Å². The van der Waals surface area contributed by atoms with E-state index in [0.29, 0.717) is 25.4 Å². The number of carbonyl (C=O) groups excluding carboxylic acids is 1. The number of hydrogen-bond donors (Lipinski definition) is 2. The van der Waals surface area contributed by atoms with Crippen molar-refractivity contribution in [2.45, 2.75) is 32.3 Å². The van der Waals surface area contributed by atoms with Crippen LogP contribution in [0.3, 0.4) is 0 Å². The zero-order valence-electron chi connectivity index (χ0n) is 13.9. The van der Waals surface area contributed by atoms with E-state index in [1.165, 1.54) is 5.56 Å². The topological polar surface area (TPSA) is 76.4 Å². The largest absolute Gasteiger partial charge is 0.444 e. The van der Waals surface area contributed by atoms with Gasteiger partial charge >= 0.3 is 6.03 Å². The molecule has 2 N–H and O–H groups in total. The average molecular weight is 329 g/mol. The number of amides is 2. The third-order valence-electron chi connectivity index (χ3n) is 4.03. The fourth-order valence-corrected chi connectivity index (χ4v) is 2.63. The minimum Gasteiger partial charge on any atom is -0.444 e. The molecule has 1 saturated heterocycles. The minimum absolute atomic E-state index is 0.156. The highest BCUT2D eigenvalue weighted by Crippen LogP contribution is 2.19. The summed E-state index contributed by atoms with van der Waals surface area (Å²) in [6, 6.07) is 7.86. The number of aromatic nitrogens is 1. The maximum Gasteiger partial charge on any atom is 0.314 e.